The van der Waals surface area contributed by atoms with Crippen molar-refractivity contribution in [1.82, 2.24) is 9.80 Å². The van der Waals surface area contributed by atoms with Crippen LogP contribution in [-0.4, -0.2) is 74.9 Å². The van der Waals surface area contributed by atoms with E-state index < -0.39 is 5.60 Å². The minimum absolute atomic E-state index is 0.123. The van der Waals surface area contributed by atoms with E-state index in [9.17, 15) is 9.59 Å². The Kier molecular flexibility index (Phi) is 7.36. The van der Waals surface area contributed by atoms with Gasteiger partial charge >= 0.3 is 6.09 Å². The number of hydrogen-bond acceptors (Lipinski definition) is 6. The summed E-state index contributed by atoms with van der Waals surface area (Å²) < 4.78 is 21.3. The molecule has 0 aromatic heterocycles. The van der Waals surface area contributed by atoms with Crippen molar-refractivity contribution < 1.29 is 28.5 Å². The topological polar surface area (TPSA) is 77.5 Å². The second-order valence-corrected chi connectivity index (χ2v) is 7.58. The predicted molar refractivity (Wildman–Crippen MR) is 110 cm³/mol. The van der Waals surface area contributed by atoms with Gasteiger partial charge in [-0.25, -0.2) is 4.79 Å². The molecule has 29 heavy (non-hydrogen) atoms. The number of carbonyl (C=O) groups is 2. The van der Waals surface area contributed by atoms with Gasteiger partial charge in [-0.05, 0) is 44.5 Å². The maximum absolute atomic E-state index is 12.5. The van der Waals surface area contributed by atoms with Crippen molar-refractivity contribution in [2.75, 3.05) is 47.5 Å². The van der Waals surface area contributed by atoms with Crippen molar-refractivity contribution in [3.63, 3.8) is 0 Å². The fourth-order valence-corrected chi connectivity index (χ4v) is 2.91. The van der Waals surface area contributed by atoms with Gasteiger partial charge in [0, 0.05) is 32.3 Å². The highest BCUT2D eigenvalue weighted by atomic mass is 16.6. The molecule has 1 aromatic rings. The minimum Gasteiger partial charge on any atom is -0.493 e. The molecule has 2 rings (SSSR count). The van der Waals surface area contributed by atoms with Gasteiger partial charge in [0.25, 0.3) is 0 Å². The molecule has 0 radical (unpaired) electrons. The van der Waals surface area contributed by atoms with E-state index in [1.165, 1.54) is 13.2 Å². The van der Waals surface area contributed by atoms with Gasteiger partial charge in [-0.15, -0.1) is 0 Å². The van der Waals surface area contributed by atoms with Gasteiger partial charge in [0.1, 0.15) is 5.60 Å². The van der Waals surface area contributed by atoms with Gasteiger partial charge < -0.3 is 28.7 Å². The molecule has 160 valence electrons. The zero-order chi connectivity index (χ0) is 21.6. The zero-order valence-electron chi connectivity index (χ0n) is 18.0. The summed E-state index contributed by atoms with van der Waals surface area (Å²) in [4.78, 5) is 28.0. The third kappa shape index (κ3) is 6.04. The number of rotatable bonds is 5. The lowest BCUT2D eigenvalue weighted by Crippen LogP contribution is -2.51. The van der Waals surface area contributed by atoms with E-state index in [4.69, 9.17) is 18.9 Å². The van der Waals surface area contributed by atoms with Crippen LogP contribution in [0.2, 0.25) is 0 Å². The Morgan fingerprint density at radius 1 is 0.897 bits per heavy atom. The van der Waals surface area contributed by atoms with Crippen LogP contribution in [0.15, 0.2) is 18.2 Å². The Bertz CT molecular complexity index is 736. The van der Waals surface area contributed by atoms with Crippen LogP contribution < -0.4 is 14.2 Å². The first kappa shape index (κ1) is 22.4. The second kappa shape index (κ2) is 9.54. The summed E-state index contributed by atoms with van der Waals surface area (Å²) in [6.07, 6.45) is 2.86. The molecule has 8 nitrogen and oxygen atoms in total. The number of methoxy groups -OCH3 is 3. The smallest absolute Gasteiger partial charge is 0.410 e. The molecule has 1 aliphatic heterocycles. The number of benzene rings is 1. The summed E-state index contributed by atoms with van der Waals surface area (Å²) in [5, 5.41) is 0. The highest BCUT2D eigenvalue weighted by molar-refractivity contribution is 5.92. The van der Waals surface area contributed by atoms with E-state index in [0.717, 1.165) is 5.56 Å². The first-order valence-electron chi connectivity index (χ1n) is 9.43. The number of amides is 2. The number of piperazine rings is 1. The van der Waals surface area contributed by atoms with Crippen LogP contribution in [0.3, 0.4) is 0 Å². The molecule has 1 heterocycles. The van der Waals surface area contributed by atoms with Crippen LogP contribution in [0.25, 0.3) is 6.08 Å². The quantitative estimate of drug-likeness (QED) is 0.700. The van der Waals surface area contributed by atoms with Crippen molar-refractivity contribution in [3.05, 3.63) is 23.8 Å². The number of carbonyl (C=O) groups excluding carboxylic acids is 2. The van der Waals surface area contributed by atoms with Crippen molar-refractivity contribution in [3.8, 4) is 17.2 Å². The Labute approximate surface area is 172 Å². The molecule has 1 saturated heterocycles. The standard InChI is InChI=1S/C21H30N2O6/c1-21(2,3)29-20(25)23-11-9-22(10-12-23)18(24)8-7-15-13-16(26-4)19(28-6)17(14-15)27-5/h7-8,13-14H,9-12H2,1-6H3/b8-7+. The van der Waals surface area contributed by atoms with Gasteiger partial charge in [0.15, 0.2) is 11.5 Å². The van der Waals surface area contributed by atoms with E-state index in [2.05, 4.69) is 0 Å². The second-order valence-electron chi connectivity index (χ2n) is 7.58. The van der Waals surface area contributed by atoms with Crippen LogP contribution in [0.5, 0.6) is 17.2 Å². The SMILES string of the molecule is COc1cc(/C=C/C(=O)N2CCN(C(=O)OC(C)(C)C)CC2)cc(OC)c1OC. The Hall–Kier alpha value is -2.90. The molecule has 0 unspecified atom stereocenters. The van der Waals surface area contributed by atoms with Crippen LogP contribution >= 0.6 is 0 Å². The molecule has 0 bridgehead atoms. The molecular weight excluding hydrogens is 376 g/mol. The van der Waals surface area contributed by atoms with Crippen LogP contribution in [-0.2, 0) is 9.53 Å². The number of nitrogens with zero attached hydrogens (tertiary/aromatic N) is 2. The molecule has 0 saturated carbocycles. The molecule has 8 heteroatoms. The lowest BCUT2D eigenvalue weighted by atomic mass is 10.1. The van der Waals surface area contributed by atoms with E-state index in [1.54, 1.807) is 42.2 Å². The van der Waals surface area contributed by atoms with Gasteiger partial charge in [-0.3, -0.25) is 4.79 Å². The normalized spacial score (nSPS) is 14.7. The average molecular weight is 406 g/mol. The predicted octanol–water partition coefficient (Wildman–Crippen LogP) is 2.80. The molecule has 0 N–H and O–H groups in total. The van der Waals surface area contributed by atoms with Gasteiger partial charge in [-0.1, -0.05) is 0 Å². The summed E-state index contributed by atoms with van der Waals surface area (Å²) in [7, 11) is 4.62. The van der Waals surface area contributed by atoms with E-state index in [1.807, 2.05) is 20.8 Å². The molecule has 0 aliphatic carbocycles. The highest BCUT2D eigenvalue weighted by Gasteiger charge is 2.27. The first-order chi connectivity index (χ1) is 13.7. The highest BCUT2D eigenvalue weighted by Crippen LogP contribution is 2.38. The summed E-state index contributed by atoms with van der Waals surface area (Å²) in [6, 6.07) is 3.54. The summed E-state index contributed by atoms with van der Waals surface area (Å²) in [6.45, 7) is 7.29. The number of ether oxygens (including phenoxy) is 4. The van der Waals surface area contributed by atoms with Crippen molar-refractivity contribution in [2.45, 2.75) is 26.4 Å². The monoisotopic (exact) mass is 406 g/mol. The third-order valence-corrected chi connectivity index (χ3v) is 4.35. The molecule has 0 atom stereocenters. The van der Waals surface area contributed by atoms with E-state index >= 15 is 0 Å². The lowest BCUT2D eigenvalue weighted by Gasteiger charge is -2.35. The fraction of sp³-hybridized carbons (Fsp3) is 0.524. The zero-order valence-corrected chi connectivity index (χ0v) is 18.0. The van der Waals surface area contributed by atoms with Crippen molar-refractivity contribution >= 4 is 18.1 Å². The maximum atomic E-state index is 12.5. The summed E-state index contributed by atoms with van der Waals surface area (Å²) >= 11 is 0. The fourth-order valence-electron chi connectivity index (χ4n) is 2.91. The first-order valence-corrected chi connectivity index (χ1v) is 9.43. The van der Waals surface area contributed by atoms with Gasteiger partial charge in [0.2, 0.25) is 11.7 Å². The van der Waals surface area contributed by atoms with Crippen molar-refractivity contribution in [1.29, 1.82) is 0 Å². The van der Waals surface area contributed by atoms with Crippen LogP contribution in [0, 0.1) is 0 Å². The molecule has 2 amide bonds. The molecular formula is C21H30N2O6. The van der Waals surface area contributed by atoms with E-state index in [-0.39, 0.29) is 12.0 Å². The van der Waals surface area contributed by atoms with Crippen LogP contribution in [0.1, 0.15) is 26.3 Å². The largest absolute Gasteiger partial charge is 0.493 e. The van der Waals surface area contributed by atoms with Crippen LogP contribution in [0.4, 0.5) is 4.79 Å². The Balaban J connectivity index is 1.99. The molecule has 1 aromatic carbocycles. The average Bonchev–Trinajstić information content (AvgIpc) is 2.69. The molecule has 0 spiro atoms. The number of hydrogen-bond donors (Lipinski definition) is 0. The van der Waals surface area contributed by atoms with Crippen molar-refractivity contribution in [2.24, 2.45) is 0 Å². The Morgan fingerprint density at radius 3 is 1.86 bits per heavy atom. The maximum Gasteiger partial charge on any atom is 0.410 e. The van der Waals surface area contributed by atoms with E-state index in [0.29, 0.717) is 43.4 Å². The van der Waals surface area contributed by atoms with Gasteiger partial charge in [-0.2, -0.15) is 0 Å². The molecule has 1 aliphatic rings. The Morgan fingerprint density at radius 2 is 1.41 bits per heavy atom. The van der Waals surface area contributed by atoms with Gasteiger partial charge in [0.05, 0.1) is 21.3 Å². The summed E-state index contributed by atoms with van der Waals surface area (Å²) in [5.41, 5.74) is 0.216. The summed E-state index contributed by atoms with van der Waals surface area (Å²) in [5.74, 6) is 1.41. The third-order valence-electron chi connectivity index (χ3n) is 4.35. The lowest BCUT2D eigenvalue weighted by molar-refractivity contribution is -0.127. The molecule has 1 fully saturated rings. The minimum atomic E-state index is -0.534.